The SMILES string of the molecule is c1ccc(-c2nc(-c3cccc4c3oc3ccccc34)nc(-n3c4ccccc4c4cc(-n5c6ccccc6c6ccccc65)ccc43)n2)cc1. The minimum atomic E-state index is 0.544. The lowest BCUT2D eigenvalue weighted by Gasteiger charge is -2.12. The fraction of sp³-hybridized carbons (Fsp3) is 0. The van der Waals surface area contributed by atoms with Gasteiger partial charge in [0.15, 0.2) is 11.6 Å². The van der Waals surface area contributed by atoms with Gasteiger partial charge in [-0.1, -0.05) is 115 Å². The van der Waals surface area contributed by atoms with E-state index >= 15 is 0 Å². The summed E-state index contributed by atoms with van der Waals surface area (Å²) in [6, 6.07) is 56.8. The first kappa shape index (κ1) is 27.9. The summed E-state index contributed by atoms with van der Waals surface area (Å²) in [6.45, 7) is 0. The normalized spacial score (nSPS) is 11.9. The number of aromatic nitrogens is 5. The van der Waals surface area contributed by atoms with Crippen LogP contribution in [-0.2, 0) is 0 Å². The smallest absolute Gasteiger partial charge is 0.238 e. The van der Waals surface area contributed by atoms with Gasteiger partial charge in [0, 0.05) is 43.6 Å². The molecule has 0 N–H and O–H groups in total. The molecule has 11 aromatic rings. The van der Waals surface area contributed by atoms with Crippen LogP contribution in [0.4, 0.5) is 0 Å². The minimum absolute atomic E-state index is 0.544. The summed E-state index contributed by atoms with van der Waals surface area (Å²) in [5, 5.41) is 6.81. The molecule has 238 valence electrons. The van der Waals surface area contributed by atoms with Crippen molar-refractivity contribution in [2.24, 2.45) is 0 Å². The van der Waals surface area contributed by atoms with Crippen LogP contribution in [0.2, 0.25) is 0 Å². The summed E-state index contributed by atoms with van der Waals surface area (Å²) in [5.74, 6) is 1.69. The Bertz CT molecular complexity index is 3100. The molecule has 7 aromatic carbocycles. The van der Waals surface area contributed by atoms with Crippen molar-refractivity contribution >= 4 is 65.6 Å². The van der Waals surface area contributed by atoms with E-state index in [0.29, 0.717) is 17.6 Å². The number of hydrogen-bond donors (Lipinski definition) is 0. The first-order chi connectivity index (χ1) is 25.3. The molecule has 0 fully saturated rings. The highest BCUT2D eigenvalue weighted by molar-refractivity contribution is 6.12. The molecule has 4 aromatic heterocycles. The van der Waals surface area contributed by atoms with Crippen molar-refractivity contribution in [3.05, 3.63) is 164 Å². The van der Waals surface area contributed by atoms with Gasteiger partial charge in [-0.2, -0.15) is 9.97 Å². The lowest BCUT2D eigenvalue weighted by molar-refractivity contribution is 0.669. The maximum atomic E-state index is 6.45. The number of furan rings is 1. The van der Waals surface area contributed by atoms with Gasteiger partial charge in [-0.3, -0.25) is 4.57 Å². The molecule has 0 aliphatic carbocycles. The third-order valence-corrected chi connectivity index (χ3v) is 10.00. The van der Waals surface area contributed by atoms with E-state index in [-0.39, 0.29) is 0 Å². The van der Waals surface area contributed by atoms with E-state index in [9.17, 15) is 0 Å². The molecule has 51 heavy (non-hydrogen) atoms. The number of hydrogen-bond acceptors (Lipinski definition) is 4. The van der Waals surface area contributed by atoms with E-state index < -0.39 is 0 Å². The Balaban J connectivity index is 1.18. The molecule has 0 aliphatic heterocycles. The molecule has 0 bridgehead atoms. The van der Waals surface area contributed by atoms with Crippen LogP contribution in [0.1, 0.15) is 0 Å². The van der Waals surface area contributed by atoms with Crippen molar-refractivity contribution in [3.8, 4) is 34.4 Å². The van der Waals surface area contributed by atoms with E-state index in [1.807, 2.05) is 60.7 Å². The summed E-state index contributed by atoms with van der Waals surface area (Å²) in [7, 11) is 0. The monoisotopic (exact) mass is 653 g/mol. The quantitative estimate of drug-likeness (QED) is 0.190. The summed E-state index contributed by atoms with van der Waals surface area (Å²) in [5.41, 5.74) is 8.80. The van der Waals surface area contributed by atoms with Gasteiger partial charge >= 0.3 is 0 Å². The van der Waals surface area contributed by atoms with E-state index in [2.05, 4.69) is 112 Å². The van der Waals surface area contributed by atoms with Crippen molar-refractivity contribution in [2.75, 3.05) is 0 Å². The topological polar surface area (TPSA) is 61.7 Å². The highest BCUT2D eigenvalue weighted by Gasteiger charge is 2.21. The summed E-state index contributed by atoms with van der Waals surface area (Å²) < 4.78 is 11.0. The van der Waals surface area contributed by atoms with Crippen molar-refractivity contribution in [3.63, 3.8) is 0 Å². The highest BCUT2D eigenvalue weighted by atomic mass is 16.3. The van der Waals surface area contributed by atoms with Crippen LogP contribution < -0.4 is 0 Å². The van der Waals surface area contributed by atoms with Gasteiger partial charge in [0.05, 0.1) is 27.6 Å². The van der Waals surface area contributed by atoms with Gasteiger partial charge < -0.3 is 8.98 Å². The molecule has 0 aliphatic rings. The van der Waals surface area contributed by atoms with E-state index in [1.165, 1.54) is 21.8 Å². The first-order valence-electron chi connectivity index (χ1n) is 17.0. The molecule has 11 rings (SSSR count). The lowest BCUT2D eigenvalue weighted by Crippen LogP contribution is -2.06. The van der Waals surface area contributed by atoms with Gasteiger partial charge in [-0.05, 0) is 48.5 Å². The maximum Gasteiger partial charge on any atom is 0.238 e. The second-order valence-corrected chi connectivity index (χ2v) is 12.9. The molecule has 0 spiro atoms. The van der Waals surface area contributed by atoms with Gasteiger partial charge in [-0.15, -0.1) is 0 Å². The fourth-order valence-corrected chi connectivity index (χ4v) is 7.74. The van der Waals surface area contributed by atoms with Crippen LogP contribution in [0, 0.1) is 0 Å². The lowest BCUT2D eigenvalue weighted by atomic mass is 10.1. The van der Waals surface area contributed by atoms with E-state index in [0.717, 1.165) is 60.6 Å². The average Bonchev–Trinajstić information content (AvgIpc) is 3.86. The van der Waals surface area contributed by atoms with Crippen molar-refractivity contribution in [1.82, 2.24) is 24.1 Å². The minimum Gasteiger partial charge on any atom is -0.455 e. The molecular formula is C45H27N5O. The van der Waals surface area contributed by atoms with Gasteiger partial charge in [-0.25, -0.2) is 4.98 Å². The third-order valence-electron chi connectivity index (χ3n) is 10.00. The van der Waals surface area contributed by atoms with Crippen molar-refractivity contribution in [1.29, 1.82) is 0 Å². The number of nitrogens with zero attached hydrogens (tertiary/aromatic N) is 5. The second-order valence-electron chi connectivity index (χ2n) is 12.9. The zero-order valence-corrected chi connectivity index (χ0v) is 27.2. The van der Waals surface area contributed by atoms with E-state index in [4.69, 9.17) is 19.4 Å². The predicted molar refractivity (Wildman–Crippen MR) is 207 cm³/mol. The Morgan fingerprint density at radius 2 is 0.961 bits per heavy atom. The first-order valence-corrected chi connectivity index (χ1v) is 17.0. The molecule has 0 unspecified atom stereocenters. The molecule has 0 radical (unpaired) electrons. The number of benzene rings is 7. The van der Waals surface area contributed by atoms with Crippen LogP contribution in [0.15, 0.2) is 168 Å². The zero-order chi connectivity index (χ0) is 33.5. The molecule has 6 nitrogen and oxygen atoms in total. The van der Waals surface area contributed by atoms with Crippen LogP contribution in [-0.4, -0.2) is 24.1 Å². The Kier molecular flexibility index (Phi) is 5.86. The van der Waals surface area contributed by atoms with Crippen molar-refractivity contribution in [2.45, 2.75) is 0 Å². The van der Waals surface area contributed by atoms with Crippen LogP contribution in [0.25, 0.3) is 100.0 Å². The Hall–Kier alpha value is -7.05. The van der Waals surface area contributed by atoms with Gasteiger partial charge in [0.25, 0.3) is 0 Å². The molecule has 6 heteroatoms. The van der Waals surface area contributed by atoms with Gasteiger partial charge in [0.1, 0.15) is 11.2 Å². The highest BCUT2D eigenvalue weighted by Crippen LogP contribution is 2.38. The second kappa shape index (κ2) is 10.7. The standard InChI is InChI=1S/C45H27N5O/c1-2-13-28(14-3-1)43-46-44(35-20-12-19-34-33-18-7-11-24-41(33)51-42(34)35)48-45(47-43)50-39-23-10-6-17-32(39)36-27-29(25-26-40(36)50)49-37-21-8-4-15-30(37)31-16-5-9-22-38(31)49/h1-27H. The Morgan fingerprint density at radius 3 is 1.71 bits per heavy atom. The molecular weight excluding hydrogens is 627 g/mol. The fourth-order valence-electron chi connectivity index (χ4n) is 7.74. The molecule has 0 saturated heterocycles. The Labute approximate surface area is 291 Å². The van der Waals surface area contributed by atoms with Crippen LogP contribution >= 0.6 is 0 Å². The molecule has 0 saturated carbocycles. The number of para-hydroxylation sites is 5. The summed E-state index contributed by atoms with van der Waals surface area (Å²) in [6.07, 6.45) is 0. The summed E-state index contributed by atoms with van der Waals surface area (Å²) in [4.78, 5) is 15.4. The van der Waals surface area contributed by atoms with Crippen LogP contribution in [0.3, 0.4) is 0 Å². The molecule has 4 heterocycles. The van der Waals surface area contributed by atoms with Crippen molar-refractivity contribution < 1.29 is 4.42 Å². The van der Waals surface area contributed by atoms with Crippen LogP contribution in [0.5, 0.6) is 0 Å². The predicted octanol–water partition coefficient (Wildman–Crippen LogP) is 11.3. The largest absolute Gasteiger partial charge is 0.455 e. The molecule has 0 amide bonds. The number of fused-ring (bicyclic) bond motifs is 9. The zero-order valence-electron chi connectivity index (χ0n) is 27.2. The Morgan fingerprint density at radius 1 is 0.392 bits per heavy atom. The number of rotatable bonds is 4. The molecule has 0 atom stereocenters. The summed E-state index contributed by atoms with van der Waals surface area (Å²) >= 11 is 0. The van der Waals surface area contributed by atoms with Gasteiger partial charge in [0.2, 0.25) is 5.95 Å². The van der Waals surface area contributed by atoms with E-state index in [1.54, 1.807) is 0 Å². The third kappa shape index (κ3) is 4.14. The average molecular weight is 654 g/mol. The maximum absolute atomic E-state index is 6.45.